The Morgan fingerprint density at radius 1 is 0.960 bits per heavy atom. The largest absolute Gasteiger partial charge is 0.460 e. The minimum absolute atomic E-state index is 0.0174. The molecule has 3 heteroatoms. The molecule has 0 bridgehead atoms. The summed E-state index contributed by atoms with van der Waals surface area (Å²) in [6.07, 6.45) is 13.3. The first-order valence-electron chi connectivity index (χ1n) is 10.2. The predicted molar refractivity (Wildman–Crippen MR) is 98.1 cm³/mol. The highest BCUT2D eigenvalue weighted by Crippen LogP contribution is 2.44. The first kappa shape index (κ1) is 18.7. The lowest BCUT2D eigenvalue weighted by molar-refractivity contribution is 0.156. The zero-order chi connectivity index (χ0) is 17.6. The molecule has 2 aliphatic rings. The van der Waals surface area contributed by atoms with Gasteiger partial charge in [0, 0.05) is 0 Å². The van der Waals surface area contributed by atoms with Crippen molar-refractivity contribution in [1.29, 1.82) is 0 Å². The van der Waals surface area contributed by atoms with Gasteiger partial charge in [0.05, 0.1) is 0 Å². The maximum absolute atomic E-state index is 14.0. The molecule has 1 aromatic carbocycles. The van der Waals surface area contributed by atoms with Crippen molar-refractivity contribution >= 4 is 0 Å². The number of hydrogen-bond acceptors (Lipinski definition) is 1. The maximum Gasteiger partial charge on any atom is 0.228 e. The normalized spacial score (nSPS) is 30.2. The molecular formula is C22H32F2O. The highest BCUT2D eigenvalue weighted by Gasteiger charge is 2.31. The maximum atomic E-state index is 14.0. The van der Waals surface area contributed by atoms with E-state index in [-0.39, 0.29) is 5.75 Å². The molecule has 0 N–H and O–H groups in total. The van der Waals surface area contributed by atoms with Crippen molar-refractivity contribution in [2.75, 3.05) is 6.86 Å². The van der Waals surface area contributed by atoms with Crippen molar-refractivity contribution in [2.24, 2.45) is 17.8 Å². The third-order valence-electron chi connectivity index (χ3n) is 6.66. The van der Waals surface area contributed by atoms with Crippen LogP contribution in [0.3, 0.4) is 0 Å². The summed E-state index contributed by atoms with van der Waals surface area (Å²) in [6.45, 7) is 1.31. The molecule has 140 valence electrons. The van der Waals surface area contributed by atoms with Gasteiger partial charge in [0.15, 0.2) is 11.6 Å². The number of ether oxygens (including phenoxy) is 1. The monoisotopic (exact) mass is 350 g/mol. The average molecular weight is 350 g/mol. The van der Waals surface area contributed by atoms with Crippen LogP contribution in [0.15, 0.2) is 18.2 Å². The first-order valence-corrected chi connectivity index (χ1v) is 10.2. The molecule has 0 aromatic heterocycles. The topological polar surface area (TPSA) is 9.23 Å². The van der Waals surface area contributed by atoms with Crippen LogP contribution in [-0.4, -0.2) is 6.86 Å². The number of benzene rings is 1. The van der Waals surface area contributed by atoms with E-state index in [0.717, 1.165) is 36.2 Å². The van der Waals surface area contributed by atoms with Crippen LogP contribution in [0.2, 0.25) is 0 Å². The van der Waals surface area contributed by atoms with E-state index in [4.69, 9.17) is 0 Å². The number of rotatable bonds is 6. The van der Waals surface area contributed by atoms with E-state index in [1.165, 1.54) is 51.4 Å². The summed E-state index contributed by atoms with van der Waals surface area (Å²) < 4.78 is 30.8. The lowest BCUT2D eigenvalue weighted by Crippen LogP contribution is -2.25. The Morgan fingerprint density at radius 3 is 2.16 bits per heavy atom. The summed E-state index contributed by atoms with van der Waals surface area (Å²) in [4.78, 5) is 0. The Labute approximate surface area is 151 Å². The quantitative estimate of drug-likeness (QED) is 0.536. The second kappa shape index (κ2) is 9.00. The molecule has 0 radical (unpaired) electrons. The van der Waals surface area contributed by atoms with E-state index in [1.54, 1.807) is 12.1 Å². The van der Waals surface area contributed by atoms with Crippen molar-refractivity contribution < 1.29 is 13.5 Å². The summed E-state index contributed by atoms with van der Waals surface area (Å²) in [5, 5.41) is 0. The molecule has 2 saturated carbocycles. The van der Waals surface area contributed by atoms with E-state index < -0.39 is 12.7 Å². The lowest BCUT2D eigenvalue weighted by atomic mass is 9.68. The van der Waals surface area contributed by atoms with Gasteiger partial charge in [-0.2, -0.15) is 0 Å². The molecule has 0 aliphatic heterocycles. The molecule has 0 heterocycles. The van der Waals surface area contributed by atoms with Gasteiger partial charge in [-0.3, -0.25) is 0 Å². The van der Waals surface area contributed by atoms with Crippen LogP contribution in [0.1, 0.15) is 82.6 Å². The molecular weight excluding hydrogens is 318 g/mol. The summed E-state index contributed by atoms with van der Waals surface area (Å²) >= 11 is 0. The SMILES string of the molecule is CCCC1CCC(C2CCC(c3ccc(OCF)c(F)c3)CC2)CC1. The average Bonchev–Trinajstić information content (AvgIpc) is 2.65. The number of halogens is 2. The van der Waals surface area contributed by atoms with Crippen molar-refractivity contribution in [2.45, 2.75) is 77.0 Å². The number of hydrogen-bond donors (Lipinski definition) is 0. The third kappa shape index (κ3) is 4.74. The Hall–Kier alpha value is -1.12. The number of alkyl halides is 1. The molecule has 25 heavy (non-hydrogen) atoms. The summed E-state index contributed by atoms with van der Waals surface area (Å²) in [5.41, 5.74) is 1.05. The van der Waals surface area contributed by atoms with Crippen LogP contribution in [0.4, 0.5) is 8.78 Å². The summed E-state index contributed by atoms with van der Waals surface area (Å²) in [5.74, 6) is 2.80. The standard InChI is InChI=1S/C22H32F2O/c1-2-3-16-4-6-17(7-5-16)18-8-10-19(11-9-18)20-12-13-22(25-15-23)21(24)14-20/h12-14,16-19H,2-11,15H2,1H3. The van der Waals surface area contributed by atoms with E-state index in [0.29, 0.717) is 5.92 Å². The van der Waals surface area contributed by atoms with Crippen LogP contribution < -0.4 is 4.74 Å². The van der Waals surface area contributed by atoms with E-state index in [9.17, 15) is 8.78 Å². The Morgan fingerprint density at radius 2 is 1.60 bits per heavy atom. The van der Waals surface area contributed by atoms with E-state index >= 15 is 0 Å². The molecule has 0 unspecified atom stereocenters. The van der Waals surface area contributed by atoms with Crippen molar-refractivity contribution in [3.63, 3.8) is 0 Å². The highest BCUT2D eigenvalue weighted by molar-refractivity contribution is 5.31. The highest BCUT2D eigenvalue weighted by atomic mass is 19.1. The lowest BCUT2D eigenvalue weighted by Gasteiger charge is -2.38. The van der Waals surface area contributed by atoms with Crippen LogP contribution >= 0.6 is 0 Å². The molecule has 1 aromatic rings. The first-order chi connectivity index (χ1) is 12.2. The molecule has 3 rings (SSSR count). The van der Waals surface area contributed by atoms with Gasteiger partial charge in [0.1, 0.15) is 0 Å². The fraction of sp³-hybridized carbons (Fsp3) is 0.727. The minimum Gasteiger partial charge on any atom is -0.460 e. The van der Waals surface area contributed by atoms with Crippen LogP contribution in [-0.2, 0) is 0 Å². The van der Waals surface area contributed by atoms with Crippen molar-refractivity contribution in [1.82, 2.24) is 0 Å². The van der Waals surface area contributed by atoms with Gasteiger partial charge in [-0.1, -0.05) is 38.7 Å². The fourth-order valence-electron chi connectivity index (χ4n) is 5.23. The third-order valence-corrected chi connectivity index (χ3v) is 6.66. The predicted octanol–water partition coefficient (Wildman–Crippen LogP) is 7.01. The molecule has 0 saturated heterocycles. The zero-order valence-corrected chi connectivity index (χ0v) is 15.5. The van der Waals surface area contributed by atoms with Gasteiger partial charge >= 0.3 is 0 Å². The van der Waals surface area contributed by atoms with Gasteiger partial charge in [-0.05, 0) is 79.9 Å². The second-order valence-electron chi connectivity index (χ2n) is 8.12. The summed E-state index contributed by atoms with van der Waals surface area (Å²) in [7, 11) is 0. The van der Waals surface area contributed by atoms with E-state index in [2.05, 4.69) is 11.7 Å². The summed E-state index contributed by atoms with van der Waals surface area (Å²) in [6, 6.07) is 5.03. The molecule has 2 fully saturated rings. The molecule has 0 spiro atoms. The minimum atomic E-state index is -0.984. The molecule has 2 aliphatic carbocycles. The van der Waals surface area contributed by atoms with Crippen molar-refractivity contribution in [3.05, 3.63) is 29.6 Å². The van der Waals surface area contributed by atoms with Gasteiger partial charge in [-0.25, -0.2) is 8.78 Å². The molecule has 0 amide bonds. The zero-order valence-electron chi connectivity index (χ0n) is 15.5. The van der Waals surface area contributed by atoms with Gasteiger partial charge in [-0.15, -0.1) is 0 Å². The van der Waals surface area contributed by atoms with E-state index in [1.807, 2.05) is 6.07 Å². The Kier molecular flexibility index (Phi) is 6.72. The molecule has 0 atom stereocenters. The molecule has 1 nitrogen and oxygen atoms in total. The smallest absolute Gasteiger partial charge is 0.228 e. The van der Waals surface area contributed by atoms with Gasteiger partial charge in [0.25, 0.3) is 0 Å². The van der Waals surface area contributed by atoms with Gasteiger partial charge in [0.2, 0.25) is 6.86 Å². The van der Waals surface area contributed by atoms with Crippen LogP contribution in [0.25, 0.3) is 0 Å². The van der Waals surface area contributed by atoms with Crippen LogP contribution in [0, 0.1) is 23.6 Å². The van der Waals surface area contributed by atoms with Crippen molar-refractivity contribution in [3.8, 4) is 5.75 Å². The van der Waals surface area contributed by atoms with Crippen LogP contribution in [0.5, 0.6) is 5.75 Å². The van der Waals surface area contributed by atoms with Gasteiger partial charge < -0.3 is 4.74 Å². The fourth-order valence-corrected chi connectivity index (χ4v) is 5.23. The Balaban J connectivity index is 1.50. The Bertz CT molecular complexity index is 529. The second-order valence-corrected chi connectivity index (χ2v) is 8.12.